The van der Waals surface area contributed by atoms with Crippen LogP contribution in [-0.2, 0) is 11.3 Å². The van der Waals surface area contributed by atoms with Gasteiger partial charge in [0.05, 0.1) is 18.3 Å². The molecule has 1 saturated carbocycles. The van der Waals surface area contributed by atoms with Crippen molar-refractivity contribution in [2.75, 3.05) is 4.90 Å². The van der Waals surface area contributed by atoms with E-state index in [0.29, 0.717) is 28.5 Å². The van der Waals surface area contributed by atoms with Gasteiger partial charge in [0.25, 0.3) is 5.91 Å². The van der Waals surface area contributed by atoms with Gasteiger partial charge in [-0.25, -0.2) is 0 Å². The molecular weight excluding hydrogens is 426 g/mol. The Hall–Kier alpha value is -2.73. The summed E-state index contributed by atoms with van der Waals surface area (Å²) in [6.07, 6.45) is 9.50. The highest BCUT2D eigenvalue weighted by molar-refractivity contribution is 6.31. The molecule has 0 bridgehead atoms. The summed E-state index contributed by atoms with van der Waals surface area (Å²) in [5.41, 5.74) is 1.48. The summed E-state index contributed by atoms with van der Waals surface area (Å²) >= 11 is 6.26. The van der Waals surface area contributed by atoms with Crippen molar-refractivity contribution in [2.24, 2.45) is 0 Å². The molecule has 1 atom stereocenters. The second kappa shape index (κ2) is 8.32. The zero-order valence-electron chi connectivity index (χ0n) is 18.3. The van der Waals surface area contributed by atoms with Crippen molar-refractivity contribution < 1.29 is 14.0 Å². The lowest BCUT2D eigenvalue weighted by Gasteiger charge is -2.44. The van der Waals surface area contributed by atoms with E-state index in [2.05, 4.69) is 5.32 Å². The monoisotopic (exact) mass is 453 g/mol. The molecule has 7 heteroatoms. The fraction of sp³-hybridized carbons (Fsp3) is 0.440. The topological polar surface area (TPSA) is 67.5 Å². The first kappa shape index (κ1) is 21.1. The number of halogens is 1. The molecule has 1 unspecified atom stereocenters. The standard InChI is InChI=1S/C25H28ClN3O3/c1-25(24(31)27-18-9-5-3-2-4-6-10-18)16-28-20-12-13-32-22(20)15-21(28)23(30)29(25)19-11-7-8-17(26)14-19/h7-8,11-15,18H,2-6,9-10,16H2,1H3,(H,27,31). The molecule has 6 nitrogen and oxygen atoms in total. The molecule has 0 saturated heterocycles. The first-order valence-electron chi connectivity index (χ1n) is 11.5. The zero-order valence-corrected chi connectivity index (χ0v) is 19.0. The maximum atomic E-state index is 13.8. The Balaban J connectivity index is 1.55. The van der Waals surface area contributed by atoms with Crippen molar-refractivity contribution >= 4 is 40.2 Å². The number of nitrogens with zero attached hydrogens (tertiary/aromatic N) is 2. The van der Waals surface area contributed by atoms with Gasteiger partial charge in [0.1, 0.15) is 11.2 Å². The molecule has 1 aliphatic heterocycles. The fourth-order valence-corrected chi connectivity index (χ4v) is 5.36. The zero-order chi connectivity index (χ0) is 22.3. The second-order valence-corrected chi connectivity index (χ2v) is 9.63. The summed E-state index contributed by atoms with van der Waals surface area (Å²) in [5.74, 6) is -0.368. The summed E-state index contributed by atoms with van der Waals surface area (Å²) in [6.45, 7) is 2.18. The lowest BCUT2D eigenvalue weighted by molar-refractivity contribution is -0.127. The van der Waals surface area contributed by atoms with Gasteiger partial charge in [-0.15, -0.1) is 0 Å². The van der Waals surface area contributed by atoms with Crippen LogP contribution in [0.15, 0.2) is 47.1 Å². The van der Waals surface area contributed by atoms with Crippen LogP contribution >= 0.6 is 11.6 Å². The Labute approximate surface area is 192 Å². The number of hydrogen-bond acceptors (Lipinski definition) is 3. The highest BCUT2D eigenvalue weighted by Crippen LogP contribution is 2.37. The number of aromatic nitrogens is 1. The number of rotatable bonds is 3. The number of amides is 2. The van der Waals surface area contributed by atoms with E-state index in [1.165, 1.54) is 19.3 Å². The predicted octanol–water partition coefficient (Wildman–Crippen LogP) is 5.54. The van der Waals surface area contributed by atoms with Crippen molar-refractivity contribution in [3.8, 4) is 0 Å². The first-order valence-corrected chi connectivity index (χ1v) is 11.8. The number of benzene rings is 1. The SMILES string of the molecule is CC1(C(=O)NC2CCCCCCC2)Cn2c(cc3occc32)C(=O)N1c1cccc(Cl)c1. The van der Waals surface area contributed by atoms with Gasteiger partial charge in [-0.05, 0) is 38.0 Å². The molecule has 1 aromatic carbocycles. The lowest BCUT2D eigenvalue weighted by Crippen LogP contribution is -2.65. The van der Waals surface area contributed by atoms with Crippen molar-refractivity contribution in [2.45, 2.75) is 70.0 Å². The molecular formula is C25H28ClN3O3. The third kappa shape index (κ3) is 3.60. The van der Waals surface area contributed by atoms with Crippen LogP contribution < -0.4 is 10.2 Å². The van der Waals surface area contributed by atoms with Crippen molar-refractivity contribution in [3.63, 3.8) is 0 Å². The normalized spacial score (nSPS) is 22.4. The average molecular weight is 454 g/mol. The van der Waals surface area contributed by atoms with E-state index in [1.807, 2.05) is 23.6 Å². The van der Waals surface area contributed by atoms with Crippen LogP contribution in [0.4, 0.5) is 5.69 Å². The highest BCUT2D eigenvalue weighted by atomic mass is 35.5. The maximum Gasteiger partial charge on any atom is 0.276 e. The third-order valence-electron chi connectivity index (χ3n) is 6.90. The van der Waals surface area contributed by atoms with Crippen LogP contribution in [0, 0.1) is 0 Å². The molecule has 0 spiro atoms. The first-order chi connectivity index (χ1) is 15.5. The van der Waals surface area contributed by atoms with Gasteiger partial charge in [0.15, 0.2) is 5.58 Å². The van der Waals surface area contributed by atoms with Gasteiger partial charge in [0.2, 0.25) is 5.91 Å². The van der Waals surface area contributed by atoms with E-state index in [0.717, 1.165) is 31.2 Å². The number of carbonyl (C=O) groups is 2. The van der Waals surface area contributed by atoms with E-state index in [9.17, 15) is 9.59 Å². The quantitative estimate of drug-likeness (QED) is 0.566. The lowest BCUT2D eigenvalue weighted by atomic mass is 9.91. The van der Waals surface area contributed by atoms with E-state index in [4.69, 9.17) is 16.0 Å². The number of nitrogens with one attached hydrogen (secondary N) is 1. The summed E-state index contributed by atoms with van der Waals surface area (Å²) in [4.78, 5) is 29.2. The summed E-state index contributed by atoms with van der Waals surface area (Å²) < 4.78 is 7.44. The number of fused-ring (bicyclic) bond motifs is 3. The third-order valence-corrected chi connectivity index (χ3v) is 7.14. The smallest absolute Gasteiger partial charge is 0.276 e. The molecule has 2 aliphatic rings. The Morgan fingerprint density at radius 1 is 1.12 bits per heavy atom. The average Bonchev–Trinajstić information content (AvgIpc) is 3.32. The summed E-state index contributed by atoms with van der Waals surface area (Å²) in [5, 5.41) is 3.82. The van der Waals surface area contributed by atoms with Crippen LogP contribution in [0.1, 0.15) is 62.4 Å². The largest absolute Gasteiger partial charge is 0.463 e. The van der Waals surface area contributed by atoms with Gasteiger partial charge in [-0.3, -0.25) is 14.5 Å². The second-order valence-electron chi connectivity index (χ2n) is 9.20. The van der Waals surface area contributed by atoms with E-state index in [1.54, 1.807) is 35.4 Å². The molecule has 168 valence electrons. The van der Waals surface area contributed by atoms with E-state index >= 15 is 0 Å². The molecule has 32 heavy (non-hydrogen) atoms. The Morgan fingerprint density at radius 2 is 1.88 bits per heavy atom. The van der Waals surface area contributed by atoms with Crippen LogP contribution in [0.2, 0.25) is 5.02 Å². The van der Waals surface area contributed by atoms with Gasteiger partial charge >= 0.3 is 0 Å². The Morgan fingerprint density at radius 3 is 2.62 bits per heavy atom. The Kier molecular flexibility index (Phi) is 5.49. The number of hydrogen-bond donors (Lipinski definition) is 1. The summed E-state index contributed by atoms with van der Waals surface area (Å²) in [6, 6.07) is 10.9. The van der Waals surface area contributed by atoms with Crippen molar-refractivity contribution in [1.82, 2.24) is 9.88 Å². The molecule has 2 amide bonds. The minimum atomic E-state index is -1.11. The van der Waals surface area contributed by atoms with Gasteiger partial charge in [0, 0.05) is 28.9 Å². The predicted molar refractivity (Wildman–Crippen MR) is 125 cm³/mol. The number of carbonyl (C=O) groups excluding carboxylic acids is 2. The van der Waals surface area contributed by atoms with Crippen LogP contribution in [0.5, 0.6) is 0 Å². The highest BCUT2D eigenvalue weighted by Gasteiger charge is 2.49. The van der Waals surface area contributed by atoms with Crippen molar-refractivity contribution in [1.29, 1.82) is 0 Å². The number of anilines is 1. The fourth-order valence-electron chi connectivity index (χ4n) is 5.17. The van der Waals surface area contributed by atoms with E-state index in [-0.39, 0.29) is 17.9 Å². The van der Waals surface area contributed by atoms with E-state index < -0.39 is 5.54 Å². The van der Waals surface area contributed by atoms with Crippen molar-refractivity contribution in [3.05, 3.63) is 53.4 Å². The van der Waals surface area contributed by atoms with Crippen LogP contribution in [0.25, 0.3) is 11.1 Å². The van der Waals surface area contributed by atoms with Gasteiger partial charge in [-0.1, -0.05) is 49.8 Å². The molecule has 1 N–H and O–H groups in total. The Bertz CT molecular complexity index is 1160. The molecule has 3 heterocycles. The molecule has 1 fully saturated rings. The van der Waals surface area contributed by atoms with Gasteiger partial charge < -0.3 is 14.3 Å². The molecule has 0 radical (unpaired) electrons. The molecule has 5 rings (SSSR count). The minimum absolute atomic E-state index is 0.132. The maximum absolute atomic E-state index is 13.8. The summed E-state index contributed by atoms with van der Waals surface area (Å²) in [7, 11) is 0. The number of furan rings is 1. The van der Waals surface area contributed by atoms with Gasteiger partial charge in [-0.2, -0.15) is 0 Å². The molecule has 3 aromatic rings. The molecule has 2 aromatic heterocycles. The minimum Gasteiger partial charge on any atom is -0.463 e. The van der Waals surface area contributed by atoms with Crippen LogP contribution in [0.3, 0.4) is 0 Å². The molecule has 1 aliphatic carbocycles. The van der Waals surface area contributed by atoms with Crippen LogP contribution in [-0.4, -0.2) is 28.0 Å².